The number of nitrogens with zero attached hydrogens (tertiary/aromatic N) is 1. The molecule has 2 aromatic rings. The molecule has 21 heavy (non-hydrogen) atoms. The number of anilines is 1. The van der Waals surface area contributed by atoms with Crippen molar-refractivity contribution in [3.8, 4) is 5.75 Å². The summed E-state index contributed by atoms with van der Waals surface area (Å²) >= 11 is 8.70. The summed E-state index contributed by atoms with van der Waals surface area (Å²) in [5.74, 6) is -0.128. The second kappa shape index (κ2) is 5.69. The van der Waals surface area contributed by atoms with Crippen molar-refractivity contribution >= 4 is 77.4 Å². The van der Waals surface area contributed by atoms with Crippen LogP contribution in [0.25, 0.3) is 0 Å². The number of phenols is 1. The molecule has 0 saturated carbocycles. The predicted octanol–water partition coefficient (Wildman–Crippen LogP) is 4.59. The van der Waals surface area contributed by atoms with E-state index in [1.807, 2.05) is 18.2 Å². The van der Waals surface area contributed by atoms with E-state index in [0.29, 0.717) is 20.3 Å². The summed E-state index contributed by atoms with van der Waals surface area (Å²) in [7, 11) is 0. The Labute approximate surface area is 151 Å². The standard InChI is InChI=1S/C14H7Br2IN2O2/c15-9-4-7(5-10(16)13(9)20)18-12-8-3-6(17)1-2-11(8)19-14(12)21/h1-5,20H,(H,18,19,21). The number of benzene rings is 2. The summed E-state index contributed by atoms with van der Waals surface area (Å²) in [5.41, 5.74) is 2.49. The second-order valence-corrected chi connectivity index (χ2v) is 7.32. The van der Waals surface area contributed by atoms with Crippen LogP contribution < -0.4 is 5.32 Å². The number of phenolic OH excluding ortho intramolecular Hbond substituents is 1. The van der Waals surface area contributed by atoms with Gasteiger partial charge >= 0.3 is 0 Å². The molecule has 0 bridgehead atoms. The fraction of sp³-hybridized carbons (Fsp3) is 0. The number of halogens is 3. The van der Waals surface area contributed by atoms with Crippen LogP contribution in [0.5, 0.6) is 5.75 Å². The van der Waals surface area contributed by atoms with E-state index in [1.54, 1.807) is 12.1 Å². The van der Waals surface area contributed by atoms with Crippen LogP contribution in [-0.2, 0) is 4.79 Å². The summed E-state index contributed by atoms with van der Waals surface area (Å²) in [5, 5.41) is 12.5. The van der Waals surface area contributed by atoms with Crippen molar-refractivity contribution in [2.24, 2.45) is 4.99 Å². The molecule has 7 heteroatoms. The first-order chi connectivity index (χ1) is 9.95. The molecule has 0 spiro atoms. The van der Waals surface area contributed by atoms with Gasteiger partial charge < -0.3 is 10.4 Å². The van der Waals surface area contributed by atoms with E-state index in [1.165, 1.54) is 0 Å². The molecule has 1 heterocycles. The van der Waals surface area contributed by atoms with Crippen molar-refractivity contribution in [2.75, 3.05) is 5.32 Å². The maximum absolute atomic E-state index is 12.1. The molecule has 0 aromatic heterocycles. The van der Waals surface area contributed by atoms with Gasteiger partial charge in [-0.05, 0) is 84.8 Å². The Hall–Kier alpha value is -0.930. The largest absolute Gasteiger partial charge is 0.506 e. The smallest absolute Gasteiger partial charge is 0.275 e. The maximum Gasteiger partial charge on any atom is 0.275 e. The molecule has 1 amide bonds. The van der Waals surface area contributed by atoms with E-state index >= 15 is 0 Å². The van der Waals surface area contributed by atoms with Gasteiger partial charge in [0, 0.05) is 9.13 Å². The zero-order valence-corrected chi connectivity index (χ0v) is 15.7. The highest BCUT2D eigenvalue weighted by Gasteiger charge is 2.26. The Bertz CT molecular complexity index is 783. The Balaban J connectivity index is 2.13. The number of carbonyl (C=O) groups is 1. The summed E-state index contributed by atoms with van der Waals surface area (Å²) in [4.78, 5) is 16.5. The van der Waals surface area contributed by atoms with Crippen LogP contribution >= 0.6 is 54.5 Å². The normalized spacial score (nSPS) is 15.2. The van der Waals surface area contributed by atoms with Gasteiger partial charge in [-0.2, -0.15) is 0 Å². The van der Waals surface area contributed by atoms with Crippen molar-refractivity contribution in [1.82, 2.24) is 0 Å². The third-order valence-electron chi connectivity index (χ3n) is 2.94. The maximum atomic E-state index is 12.1. The SMILES string of the molecule is O=C1Nc2ccc(I)cc2C1=Nc1cc(Br)c(O)c(Br)c1. The van der Waals surface area contributed by atoms with Gasteiger partial charge in [-0.3, -0.25) is 4.79 Å². The first-order valence-corrected chi connectivity index (χ1v) is 8.50. The number of rotatable bonds is 1. The molecule has 2 N–H and O–H groups in total. The van der Waals surface area contributed by atoms with Gasteiger partial charge in [0.25, 0.3) is 5.91 Å². The van der Waals surface area contributed by atoms with E-state index in [9.17, 15) is 9.90 Å². The molecule has 0 saturated heterocycles. The Morgan fingerprint density at radius 3 is 2.48 bits per heavy atom. The van der Waals surface area contributed by atoms with Gasteiger partial charge in [0.15, 0.2) is 0 Å². The predicted molar refractivity (Wildman–Crippen MR) is 97.5 cm³/mol. The minimum atomic E-state index is -0.229. The molecular weight excluding hydrogens is 515 g/mol. The lowest BCUT2D eigenvalue weighted by Gasteiger charge is -2.03. The van der Waals surface area contributed by atoms with E-state index in [4.69, 9.17) is 0 Å². The number of fused-ring (bicyclic) bond motifs is 1. The lowest BCUT2D eigenvalue weighted by molar-refractivity contribution is -0.110. The fourth-order valence-corrected chi connectivity index (χ4v) is 3.64. The number of nitrogens with one attached hydrogen (secondary N) is 1. The number of carbonyl (C=O) groups excluding carboxylic acids is 1. The molecule has 0 radical (unpaired) electrons. The highest BCUT2D eigenvalue weighted by atomic mass is 127. The first-order valence-electron chi connectivity index (χ1n) is 5.83. The van der Waals surface area contributed by atoms with Crippen LogP contribution in [0, 0.1) is 3.57 Å². The second-order valence-electron chi connectivity index (χ2n) is 4.36. The molecule has 0 fully saturated rings. The highest BCUT2D eigenvalue weighted by Crippen LogP contribution is 2.37. The summed E-state index contributed by atoms with van der Waals surface area (Å²) in [6.07, 6.45) is 0. The zero-order valence-electron chi connectivity index (χ0n) is 10.3. The van der Waals surface area contributed by atoms with Gasteiger partial charge in [-0.1, -0.05) is 0 Å². The monoisotopic (exact) mass is 520 g/mol. The molecule has 3 rings (SSSR count). The topological polar surface area (TPSA) is 61.7 Å². The Morgan fingerprint density at radius 2 is 1.81 bits per heavy atom. The molecule has 4 nitrogen and oxygen atoms in total. The Morgan fingerprint density at radius 1 is 1.14 bits per heavy atom. The molecule has 0 aliphatic carbocycles. The van der Waals surface area contributed by atoms with Crippen molar-refractivity contribution in [3.05, 3.63) is 48.4 Å². The van der Waals surface area contributed by atoms with Crippen molar-refractivity contribution in [1.29, 1.82) is 0 Å². The van der Waals surface area contributed by atoms with Crippen molar-refractivity contribution in [3.63, 3.8) is 0 Å². The average molecular weight is 522 g/mol. The number of aromatic hydroxyl groups is 1. The molecule has 2 aromatic carbocycles. The van der Waals surface area contributed by atoms with Gasteiger partial charge in [-0.15, -0.1) is 0 Å². The van der Waals surface area contributed by atoms with Crippen LogP contribution in [-0.4, -0.2) is 16.7 Å². The first kappa shape index (κ1) is 15.0. The molecule has 106 valence electrons. The highest BCUT2D eigenvalue weighted by molar-refractivity contribution is 14.1. The van der Waals surface area contributed by atoms with Gasteiger partial charge in [0.2, 0.25) is 0 Å². The molecular formula is C14H7Br2IN2O2. The van der Waals surface area contributed by atoms with Crippen molar-refractivity contribution in [2.45, 2.75) is 0 Å². The summed E-state index contributed by atoms with van der Waals surface area (Å²) in [6, 6.07) is 9.02. The lowest BCUT2D eigenvalue weighted by Crippen LogP contribution is -2.13. The van der Waals surface area contributed by atoms with Crippen LogP contribution in [0.3, 0.4) is 0 Å². The quantitative estimate of drug-likeness (QED) is 0.539. The van der Waals surface area contributed by atoms with E-state index in [2.05, 4.69) is 64.8 Å². The van der Waals surface area contributed by atoms with Gasteiger partial charge in [0.05, 0.1) is 20.3 Å². The van der Waals surface area contributed by atoms with E-state index in [0.717, 1.165) is 14.8 Å². The Kier molecular flexibility index (Phi) is 4.06. The lowest BCUT2D eigenvalue weighted by atomic mass is 10.1. The van der Waals surface area contributed by atoms with Crippen LogP contribution in [0.4, 0.5) is 11.4 Å². The number of hydrogen-bond acceptors (Lipinski definition) is 3. The third kappa shape index (κ3) is 2.86. The zero-order chi connectivity index (χ0) is 15.1. The van der Waals surface area contributed by atoms with Gasteiger partial charge in [-0.25, -0.2) is 4.99 Å². The van der Waals surface area contributed by atoms with Crippen LogP contribution in [0.2, 0.25) is 0 Å². The molecule has 0 atom stereocenters. The van der Waals surface area contributed by atoms with E-state index < -0.39 is 0 Å². The third-order valence-corrected chi connectivity index (χ3v) is 4.82. The minimum Gasteiger partial charge on any atom is -0.506 e. The summed E-state index contributed by atoms with van der Waals surface area (Å²) < 4.78 is 2.05. The summed E-state index contributed by atoms with van der Waals surface area (Å²) in [6.45, 7) is 0. The average Bonchev–Trinajstić information content (AvgIpc) is 2.72. The molecule has 1 aliphatic heterocycles. The van der Waals surface area contributed by atoms with Crippen LogP contribution in [0.15, 0.2) is 44.3 Å². The molecule has 1 aliphatic rings. The van der Waals surface area contributed by atoms with Crippen LogP contribution in [0.1, 0.15) is 5.56 Å². The fourth-order valence-electron chi connectivity index (χ4n) is 1.98. The molecule has 0 unspecified atom stereocenters. The number of aliphatic imine (C=N–C) groups is 1. The minimum absolute atomic E-state index is 0.102. The van der Waals surface area contributed by atoms with E-state index in [-0.39, 0.29) is 11.7 Å². The number of hydrogen-bond donors (Lipinski definition) is 2. The van der Waals surface area contributed by atoms with Crippen molar-refractivity contribution < 1.29 is 9.90 Å². The number of amides is 1. The van der Waals surface area contributed by atoms with Gasteiger partial charge in [0.1, 0.15) is 11.5 Å².